The molecule has 1 saturated carbocycles. The van der Waals surface area contributed by atoms with Gasteiger partial charge in [0, 0.05) is 21.4 Å². The Hall–Kier alpha value is -2.92. The van der Waals surface area contributed by atoms with E-state index >= 15 is 0 Å². The van der Waals surface area contributed by atoms with Gasteiger partial charge in [0.15, 0.2) is 5.65 Å². The number of nitrogens with one attached hydrogen (secondary N) is 1. The first kappa shape index (κ1) is 20.0. The minimum atomic E-state index is 0.565. The molecule has 5 heteroatoms. The van der Waals surface area contributed by atoms with Crippen LogP contribution in [-0.4, -0.2) is 15.0 Å². The van der Waals surface area contributed by atoms with Gasteiger partial charge in [-0.25, -0.2) is 15.0 Å². The van der Waals surface area contributed by atoms with Gasteiger partial charge >= 0.3 is 0 Å². The third kappa shape index (κ3) is 4.57. The SMILES string of the molecule is Cc1ccc(Sc2ccccc2)c(Nc2ncnc3nc(C4CCCCC4)ccc23)c1. The van der Waals surface area contributed by atoms with E-state index in [-0.39, 0.29) is 0 Å². The van der Waals surface area contributed by atoms with Gasteiger partial charge in [-0.3, -0.25) is 0 Å². The van der Waals surface area contributed by atoms with Gasteiger partial charge in [-0.05, 0) is 61.7 Å². The lowest BCUT2D eigenvalue weighted by Gasteiger charge is -2.21. The fraction of sp³-hybridized carbons (Fsp3) is 0.269. The normalized spacial score (nSPS) is 14.6. The van der Waals surface area contributed by atoms with Crippen LogP contribution in [0.2, 0.25) is 0 Å². The van der Waals surface area contributed by atoms with E-state index in [0.29, 0.717) is 5.92 Å². The van der Waals surface area contributed by atoms with Crippen molar-refractivity contribution in [2.75, 3.05) is 5.32 Å². The molecule has 1 N–H and O–H groups in total. The highest BCUT2D eigenvalue weighted by Gasteiger charge is 2.18. The highest BCUT2D eigenvalue weighted by Crippen LogP contribution is 2.37. The summed E-state index contributed by atoms with van der Waals surface area (Å²) in [5, 5.41) is 4.52. The summed E-state index contributed by atoms with van der Waals surface area (Å²) in [6.45, 7) is 2.11. The monoisotopic (exact) mass is 426 g/mol. The number of anilines is 2. The molecule has 0 amide bonds. The molecule has 156 valence electrons. The second-order valence-corrected chi connectivity index (χ2v) is 9.32. The van der Waals surface area contributed by atoms with Crippen LogP contribution < -0.4 is 5.32 Å². The van der Waals surface area contributed by atoms with E-state index in [1.54, 1.807) is 18.1 Å². The fourth-order valence-electron chi connectivity index (χ4n) is 4.26. The van der Waals surface area contributed by atoms with Crippen molar-refractivity contribution >= 4 is 34.3 Å². The molecule has 2 heterocycles. The Labute approximate surface area is 187 Å². The van der Waals surface area contributed by atoms with Crippen molar-refractivity contribution in [2.45, 2.75) is 54.7 Å². The summed E-state index contributed by atoms with van der Waals surface area (Å²) in [5.74, 6) is 1.36. The zero-order valence-corrected chi connectivity index (χ0v) is 18.5. The molecule has 0 atom stereocenters. The molecule has 0 saturated heterocycles. The molecule has 4 aromatic rings. The fourth-order valence-corrected chi connectivity index (χ4v) is 5.16. The maximum Gasteiger partial charge on any atom is 0.164 e. The number of aromatic nitrogens is 3. The van der Waals surface area contributed by atoms with E-state index in [1.807, 2.05) is 6.07 Å². The summed E-state index contributed by atoms with van der Waals surface area (Å²) < 4.78 is 0. The predicted molar refractivity (Wildman–Crippen MR) is 128 cm³/mol. The summed E-state index contributed by atoms with van der Waals surface area (Å²) >= 11 is 1.75. The number of rotatable bonds is 5. The second kappa shape index (κ2) is 9.06. The van der Waals surface area contributed by atoms with Crippen molar-refractivity contribution in [1.29, 1.82) is 0 Å². The summed E-state index contributed by atoms with van der Waals surface area (Å²) in [6.07, 6.45) is 8.03. The minimum absolute atomic E-state index is 0.565. The molecular weight excluding hydrogens is 400 g/mol. The number of nitrogens with zero attached hydrogens (tertiary/aromatic N) is 3. The summed E-state index contributed by atoms with van der Waals surface area (Å²) in [5.41, 5.74) is 4.19. The standard InChI is InChI=1S/C26H26N4S/c1-18-12-15-24(31-20-10-6-3-7-11-20)23(16-18)30-26-21-13-14-22(19-8-4-2-5-9-19)29-25(21)27-17-28-26/h3,6-7,10-17,19H,2,4-5,8-9H2,1H3,(H,27,28,29,30). The first-order valence-electron chi connectivity index (χ1n) is 11.0. The van der Waals surface area contributed by atoms with Gasteiger partial charge in [-0.15, -0.1) is 0 Å². The molecule has 0 spiro atoms. The van der Waals surface area contributed by atoms with Crippen LogP contribution in [0, 0.1) is 6.92 Å². The summed E-state index contributed by atoms with van der Waals surface area (Å²) in [6, 6.07) is 21.2. The Morgan fingerprint density at radius 3 is 2.58 bits per heavy atom. The van der Waals surface area contributed by atoms with Crippen LogP contribution in [0.25, 0.3) is 11.0 Å². The lowest BCUT2D eigenvalue weighted by Crippen LogP contribution is -2.07. The molecule has 1 fully saturated rings. The van der Waals surface area contributed by atoms with Crippen LogP contribution in [0.3, 0.4) is 0 Å². The van der Waals surface area contributed by atoms with Crippen molar-refractivity contribution in [2.24, 2.45) is 0 Å². The molecule has 1 aliphatic rings. The van der Waals surface area contributed by atoms with Crippen LogP contribution in [-0.2, 0) is 0 Å². The van der Waals surface area contributed by atoms with Gasteiger partial charge in [0.25, 0.3) is 0 Å². The van der Waals surface area contributed by atoms with Crippen molar-refractivity contribution in [3.63, 3.8) is 0 Å². The van der Waals surface area contributed by atoms with Gasteiger partial charge in [-0.2, -0.15) is 0 Å². The topological polar surface area (TPSA) is 50.7 Å². The smallest absolute Gasteiger partial charge is 0.164 e. The van der Waals surface area contributed by atoms with Crippen molar-refractivity contribution < 1.29 is 0 Å². The van der Waals surface area contributed by atoms with E-state index in [9.17, 15) is 0 Å². The summed E-state index contributed by atoms with van der Waals surface area (Å²) in [4.78, 5) is 16.3. The Bertz CT molecular complexity index is 1190. The molecule has 4 nitrogen and oxygen atoms in total. The number of hydrogen-bond acceptors (Lipinski definition) is 5. The molecular formula is C26H26N4S. The number of aryl methyl sites for hydroxylation is 1. The molecule has 2 aromatic heterocycles. The highest BCUT2D eigenvalue weighted by molar-refractivity contribution is 7.99. The second-order valence-electron chi connectivity index (χ2n) is 8.20. The third-order valence-electron chi connectivity index (χ3n) is 5.90. The quantitative estimate of drug-likeness (QED) is 0.363. The number of fused-ring (bicyclic) bond motifs is 1. The van der Waals surface area contributed by atoms with Gasteiger partial charge < -0.3 is 5.32 Å². The Balaban J connectivity index is 1.47. The molecule has 0 aliphatic heterocycles. The number of benzene rings is 2. The molecule has 0 radical (unpaired) electrons. The van der Waals surface area contributed by atoms with Crippen molar-refractivity contribution in [3.8, 4) is 0 Å². The average molecular weight is 427 g/mol. The van der Waals surface area contributed by atoms with Crippen LogP contribution in [0.1, 0.15) is 49.3 Å². The van der Waals surface area contributed by atoms with E-state index in [4.69, 9.17) is 4.98 Å². The largest absolute Gasteiger partial charge is 0.339 e. The van der Waals surface area contributed by atoms with Gasteiger partial charge in [0.1, 0.15) is 12.1 Å². The highest BCUT2D eigenvalue weighted by atomic mass is 32.2. The van der Waals surface area contributed by atoms with Crippen LogP contribution in [0.15, 0.2) is 76.8 Å². The minimum Gasteiger partial charge on any atom is -0.339 e. The maximum atomic E-state index is 4.91. The predicted octanol–water partition coefficient (Wildman–Crippen LogP) is 7.28. The third-order valence-corrected chi connectivity index (χ3v) is 6.99. The van der Waals surface area contributed by atoms with Gasteiger partial charge in [-0.1, -0.05) is 55.3 Å². The zero-order valence-electron chi connectivity index (χ0n) is 17.7. The zero-order chi connectivity index (χ0) is 21.0. The Kier molecular flexibility index (Phi) is 5.85. The average Bonchev–Trinajstić information content (AvgIpc) is 2.82. The molecule has 0 unspecified atom stereocenters. The molecule has 5 rings (SSSR count). The Morgan fingerprint density at radius 1 is 0.903 bits per heavy atom. The van der Waals surface area contributed by atoms with Gasteiger partial charge in [0.05, 0.1) is 11.1 Å². The lowest BCUT2D eigenvalue weighted by molar-refractivity contribution is 0.437. The number of hydrogen-bond donors (Lipinski definition) is 1. The lowest BCUT2D eigenvalue weighted by atomic mass is 9.86. The molecule has 0 bridgehead atoms. The van der Waals surface area contributed by atoms with Crippen LogP contribution in [0.5, 0.6) is 0 Å². The van der Waals surface area contributed by atoms with Crippen molar-refractivity contribution in [3.05, 3.63) is 78.2 Å². The van der Waals surface area contributed by atoms with E-state index in [2.05, 4.69) is 76.8 Å². The summed E-state index contributed by atoms with van der Waals surface area (Å²) in [7, 11) is 0. The number of pyridine rings is 1. The maximum absolute atomic E-state index is 4.91. The van der Waals surface area contributed by atoms with Crippen LogP contribution in [0.4, 0.5) is 11.5 Å². The van der Waals surface area contributed by atoms with Crippen molar-refractivity contribution in [1.82, 2.24) is 15.0 Å². The van der Waals surface area contributed by atoms with Gasteiger partial charge in [0.2, 0.25) is 0 Å². The van der Waals surface area contributed by atoms with E-state index < -0.39 is 0 Å². The molecule has 1 aliphatic carbocycles. The first-order valence-corrected chi connectivity index (χ1v) is 11.8. The van der Waals surface area contributed by atoms with Crippen LogP contribution >= 0.6 is 11.8 Å². The Morgan fingerprint density at radius 2 is 1.74 bits per heavy atom. The first-order chi connectivity index (χ1) is 15.3. The van der Waals surface area contributed by atoms with E-state index in [1.165, 1.54) is 48.3 Å². The molecule has 31 heavy (non-hydrogen) atoms. The van der Waals surface area contributed by atoms with E-state index in [0.717, 1.165) is 27.4 Å². The molecule has 2 aromatic carbocycles.